The predicted molar refractivity (Wildman–Crippen MR) is 73.7 cm³/mol. The Morgan fingerprint density at radius 2 is 2.29 bits per heavy atom. The summed E-state index contributed by atoms with van der Waals surface area (Å²) >= 11 is 0. The van der Waals surface area contributed by atoms with Crippen LogP contribution in [0.15, 0.2) is 4.99 Å². The largest absolute Gasteiger partial charge is 0.314 e. The van der Waals surface area contributed by atoms with E-state index in [1.54, 1.807) is 6.21 Å². The first-order chi connectivity index (χ1) is 7.99. The Labute approximate surface area is 105 Å². The van der Waals surface area contributed by atoms with Crippen LogP contribution in [0.1, 0.15) is 26.2 Å². The molecule has 3 nitrogen and oxygen atoms in total. The molecule has 0 aromatic heterocycles. The molecule has 2 N–H and O–H groups in total. The van der Waals surface area contributed by atoms with Gasteiger partial charge in [-0.1, -0.05) is 15.2 Å². The quantitative estimate of drug-likeness (QED) is 0.401. The average molecular weight is 284 g/mol. The summed E-state index contributed by atoms with van der Waals surface area (Å²) in [5.74, 6) is -0.555. The number of nitrogens with zero attached hydrogens (tertiary/aromatic N) is 1. The molecule has 0 aromatic carbocycles. The maximum Gasteiger partial charge on any atom is 0.263 e. The van der Waals surface area contributed by atoms with Gasteiger partial charge in [0.15, 0.2) is 5.78 Å². The zero-order valence-electron chi connectivity index (χ0n) is 9.96. The van der Waals surface area contributed by atoms with E-state index >= 15 is 0 Å². The normalized spacial score (nSPS) is 16.1. The molecule has 0 saturated carbocycles. The molecule has 0 aliphatic rings. The zero-order valence-corrected chi connectivity index (χ0v) is 12.1. The van der Waals surface area contributed by atoms with Gasteiger partial charge in [0.2, 0.25) is 0 Å². The number of carbonyl (C=O) groups is 1. The van der Waals surface area contributed by atoms with Crippen molar-refractivity contribution in [3.8, 4) is 0 Å². The average Bonchev–Trinajstić information content (AvgIpc) is 2.28. The number of hydrogen-bond donors (Lipinski definition) is 1. The lowest BCUT2D eigenvalue weighted by atomic mass is 9.91. The van der Waals surface area contributed by atoms with Crippen LogP contribution < -0.4 is 5.73 Å². The van der Waals surface area contributed by atoms with Crippen LogP contribution in [0.2, 0.25) is 0 Å². The SMILES string of the molecule is CCC=NCCCC(N)(C(=O)CPP)C(F)F. The van der Waals surface area contributed by atoms with Crippen LogP contribution >= 0.6 is 17.2 Å². The second-order valence-electron chi connectivity index (χ2n) is 3.75. The molecular formula is C10H20F2N2OP2. The van der Waals surface area contributed by atoms with E-state index < -0.39 is 17.7 Å². The van der Waals surface area contributed by atoms with E-state index in [1.165, 1.54) is 0 Å². The van der Waals surface area contributed by atoms with E-state index in [4.69, 9.17) is 5.73 Å². The molecule has 100 valence electrons. The van der Waals surface area contributed by atoms with Gasteiger partial charge in [-0.2, -0.15) is 0 Å². The van der Waals surface area contributed by atoms with Crippen LogP contribution in [-0.4, -0.2) is 36.7 Å². The predicted octanol–water partition coefficient (Wildman–Crippen LogP) is 2.25. The van der Waals surface area contributed by atoms with Gasteiger partial charge in [-0.15, -0.1) is 8.93 Å². The highest BCUT2D eigenvalue weighted by Gasteiger charge is 2.41. The minimum absolute atomic E-state index is 0.0142. The van der Waals surface area contributed by atoms with Crippen LogP contribution in [0.4, 0.5) is 8.78 Å². The van der Waals surface area contributed by atoms with Gasteiger partial charge in [-0.3, -0.25) is 9.79 Å². The van der Waals surface area contributed by atoms with Gasteiger partial charge < -0.3 is 5.73 Å². The van der Waals surface area contributed by atoms with Crippen molar-refractivity contribution in [2.45, 2.75) is 38.2 Å². The van der Waals surface area contributed by atoms with Crippen molar-refractivity contribution in [2.24, 2.45) is 10.7 Å². The third-order valence-electron chi connectivity index (χ3n) is 2.36. The highest BCUT2D eigenvalue weighted by Crippen LogP contribution is 2.27. The summed E-state index contributed by atoms with van der Waals surface area (Å²) in [6.07, 6.45) is 0.223. The molecule has 0 radical (unpaired) electrons. The summed E-state index contributed by atoms with van der Waals surface area (Å²) in [6, 6.07) is 0. The summed E-state index contributed by atoms with van der Waals surface area (Å²) in [7, 11) is 2.60. The number of halogens is 2. The maximum absolute atomic E-state index is 12.8. The summed E-state index contributed by atoms with van der Waals surface area (Å²) in [5, 5.41) is 0. The van der Waals surface area contributed by atoms with Crippen molar-refractivity contribution in [3.63, 3.8) is 0 Å². The molecule has 3 atom stereocenters. The first-order valence-corrected chi connectivity index (χ1v) is 8.52. The molecule has 17 heavy (non-hydrogen) atoms. The summed E-state index contributed by atoms with van der Waals surface area (Å²) < 4.78 is 25.7. The summed E-state index contributed by atoms with van der Waals surface area (Å²) in [5.41, 5.74) is 3.53. The van der Waals surface area contributed by atoms with Crippen molar-refractivity contribution in [2.75, 3.05) is 12.7 Å². The second-order valence-corrected chi connectivity index (χ2v) is 5.73. The van der Waals surface area contributed by atoms with Crippen molar-refractivity contribution < 1.29 is 13.6 Å². The highest BCUT2D eigenvalue weighted by molar-refractivity contribution is 8.03. The van der Waals surface area contributed by atoms with Gasteiger partial charge in [0.05, 0.1) is 0 Å². The number of hydrogen-bond acceptors (Lipinski definition) is 3. The maximum atomic E-state index is 12.8. The first kappa shape index (κ1) is 17.0. The van der Waals surface area contributed by atoms with Crippen molar-refractivity contribution in [1.82, 2.24) is 0 Å². The Balaban J connectivity index is 4.31. The van der Waals surface area contributed by atoms with E-state index in [0.717, 1.165) is 6.42 Å². The number of rotatable bonds is 9. The molecule has 0 saturated heterocycles. The lowest BCUT2D eigenvalue weighted by Gasteiger charge is -2.26. The van der Waals surface area contributed by atoms with Crippen LogP contribution in [-0.2, 0) is 4.79 Å². The topological polar surface area (TPSA) is 55.4 Å². The van der Waals surface area contributed by atoms with Crippen LogP contribution in [0, 0.1) is 0 Å². The third-order valence-corrected chi connectivity index (χ3v) is 3.50. The molecule has 0 aliphatic heterocycles. The number of Topliss-reactive ketones (excluding diaryl/α,β-unsaturated/α-hetero) is 1. The van der Waals surface area contributed by atoms with E-state index in [9.17, 15) is 13.6 Å². The van der Waals surface area contributed by atoms with E-state index in [2.05, 4.69) is 13.9 Å². The van der Waals surface area contributed by atoms with E-state index in [0.29, 0.717) is 13.0 Å². The lowest BCUT2D eigenvalue weighted by molar-refractivity contribution is -0.127. The molecule has 0 rings (SSSR count). The fraction of sp³-hybridized carbons (Fsp3) is 0.800. The number of nitrogens with two attached hydrogens (primary N) is 1. The minimum Gasteiger partial charge on any atom is -0.314 e. The van der Waals surface area contributed by atoms with Gasteiger partial charge in [0.25, 0.3) is 6.43 Å². The Bertz CT molecular complexity index is 265. The molecule has 0 spiro atoms. The molecular weight excluding hydrogens is 264 g/mol. The lowest BCUT2D eigenvalue weighted by Crippen LogP contribution is -2.55. The zero-order chi connectivity index (χ0) is 13.3. The van der Waals surface area contributed by atoms with Gasteiger partial charge in [0, 0.05) is 12.7 Å². The summed E-state index contributed by atoms with van der Waals surface area (Å²) in [4.78, 5) is 15.6. The van der Waals surface area contributed by atoms with Crippen molar-refractivity contribution in [3.05, 3.63) is 0 Å². The number of carbonyl (C=O) groups excluding carboxylic acids is 1. The monoisotopic (exact) mass is 284 g/mol. The molecule has 7 heteroatoms. The van der Waals surface area contributed by atoms with Crippen molar-refractivity contribution in [1.29, 1.82) is 0 Å². The Kier molecular flexibility index (Phi) is 9.03. The van der Waals surface area contributed by atoms with Crippen LogP contribution in [0.25, 0.3) is 0 Å². The van der Waals surface area contributed by atoms with Crippen molar-refractivity contribution >= 4 is 29.2 Å². The Morgan fingerprint density at radius 3 is 2.76 bits per heavy atom. The molecule has 0 aromatic rings. The molecule has 0 aliphatic carbocycles. The van der Waals surface area contributed by atoms with Gasteiger partial charge in [-0.25, -0.2) is 8.78 Å². The van der Waals surface area contributed by atoms with E-state index in [1.807, 2.05) is 6.92 Å². The Hall–Kier alpha value is 0.0200. The number of ketones is 1. The standard InChI is InChI=1S/C10H20F2N2OP2/c1-2-5-14-6-3-4-10(13,9(11)12)8(15)7-17-16/h5,9,17H,2-4,6-7,13,16H2,1H3. The van der Waals surface area contributed by atoms with E-state index in [-0.39, 0.29) is 20.9 Å². The van der Waals surface area contributed by atoms with Crippen LogP contribution in [0.5, 0.6) is 0 Å². The third kappa shape index (κ3) is 5.94. The smallest absolute Gasteiger partial charge is 0.263 e. The second kappa shape index (κ2) is 9.02. The molecule has 0 heterocycles. The van der Waals surface area contributed by atoms with Gasteiger partial charge >= 0.3 is 0 Å². The molecule has 0 bridgehead atoms. The van der Waals surface area contributed by atoms with Crippen LogP contribution in [0.3, 0.4) is 0 Å². The number of alkyl halides is 2. The molecule has 0 fully saturated rings. The molecule has 0 amide bonds. The fourth-order valence-corrected chi connectivity index (χ4v) is 2.38. The van der Waals surface area contributed by atoms with Gasteiger partial charge in [0.1, 0.15) is 5.54 Å². The van der Waals surface area contributed by atoms with Gasteiger partial charge in [-0.05, 0) is 25.5 Å². The number of aliphatic imine (C=N–C) groups is 1. The fourth-order valence-electron chi connectivity index (χ4n) is 1.31. The minimum atomic E-state index is -2.81. The highest BCUT2D eigenvalue weighted by atomic mass is 32.0. The summed E-state index contributed by atoms with van der Waals surface area (Å²) in [6.45, 7) is 2.38. The Morgan fingerprint density at radius 1 is 1.65 bits per heavy atom. The first-order valence-electron chi connectivity index (χ1n) is 5.51. The molecule has 3 unspecified atom stereocenters.